The summed E-state index contributed by atoms with van der Waals surface area (Å²) >= 11 is 0. The van der Waals surface area contributed by atoms with E-state index in [1.54, 1.807) is 0 Å². The van der Waals surface area contributed by atoms with Gasteiger partial charge in [0.1, 0.15) is 0 Å². The van der Waals surface area contributed by atoms with Gasteiger partial charge in [0.25, 0.3) is 0 Å². The van der Waals surface area contributed by atoms with Crippen molar-refractivity contribution >= 4 is 5.91 Å². The van der Waals surface area contributed by atoms with E-state index in [1.165, 1.54) is 70.6 Å². The monoisotopic (exact) mass is 528 g/mol. The van der Waals surface area contributed by atoms with E-state index in [0.717, 1.165) is 70.7 Å². The van der Waals surface area contributed by atoms with Crippen molar-refractivity contribution in [1.82, 2.24) is 10.2 Å². The molecule has 222 valence electrons. The lowest BCUT2D eigenvalue weighted by Crippen LogP contribution is -2.37. The van der Waals surface area contributed by atoms with Gasteiger partial charge >= 0.3 is 0 Å². The van der Waals surface area contributed by atoms with E-state index >= 15 is 0 Å². The van der Waals surface area contributed by atoms with Crippen LogP contribution in [0.2, 0.25) is 0 Å². The van der Waals surface area contributed by atoms with Gasteiger partial charge in [0.15, 0.2) is 0 Å². The van der Waals surface area contributed by atoms with Crippen molar-refractivity contribution in [3.05, 3.63) is 0 Å². The van der Waals surface area contributed by atoms with Crippen LogP contribution in [0.4, 0.5) is 0 Å². The largest absolute Gasteiger partial charge is 0.394 e. The second-order valence-corrected chi connectivity index (χ2v) is 11.3. The van der Waals surface area contributed by atoms with Gasteiger partial charge in [-0.2, -0.15) is 0 Å². The summed E-state index contributed by atoms with van der Waals surface area (Å²) in [4.78, 5) is 14.3. The van der Waals surface area contributed by atoms with Crippen molar-refractivity contribution in [1.29, 1.82) is 0 Å². The summed E-state index contributed by atoms with van der Waals surface area (Å²) in [5.41, 5.74) is 0. The number of aliphatic hydroxyl groups excluding tert-OH is 2. The first-order valence-corrected chi connectivity index (χ1v) is 15.8. The highest BCUT2D eigenvalue weighted by Crippen LogP contribution is 2.14. The van der Waals surface area contributed by atoms with Crippen molar-refractivity contribution in [2.75, 3.05) is 46.0 Å². The highest BCUT2D eigenvalue weighted by Gasteiger charge is 2.11. The first-order chi connectivity index (χ1) is 18.0. The van der Waals surface area contributed by atoms with Gasteiger partial charge < -0.3 is 25.2 Å². The molecular formula is C31H64N2O4. The number of hydrogen-bond acceptors (Lipinski definition) is 5. The smallest absolute Gasteiger partial charge is 0.219 e. The SMILES string of the molecule is CCCCOCCCN(CCCNC(=O)CCCCCCCCCCCCCCC(C)C)CC(O)CO. The Hall–Kier alpha value is -0.690. The molecule has 0 fully saturated rings. The molecule has 0 heterocycles. The summed E-state index contributed by atoms with van der Waals surface area (Å²) in [6.07, 6.45) is 21.1. The van der Waals surface area contributed by atoms with Crippen LogP contribution in [0.25, 0.3) is 0 Å². The third-order valence-electron chi connectivity index (χ3n) is 6.99. The van der Waals surface area contributed by atoms with E-state index in [2.05, 4.69) is 31.0 Å². The lowest BCUT2D eigenvalue weighted by atomic mass is 10.0. The first kappa shape index (κ1) is 36.3. The third kappa shape index (κ3) is 28.1. The second-order valence-electron chi connectivity index (χ2n) is 11.3. The van der Waals surface area contributed by atoms with Gasteiger partial charge in [-0.25, -0.2) is 0 Å². The Bertz CT molecular complexity index is 476. The van der Waals surface area contributed by atoms with Crippen molar-refractivity contribution in [2.45, 2.75) is 142 Å². The van der Waals surface area contributed by atoms with Crippen LogP contribution >= 0.6 is 0 Å². The molecule has 0 aromatic rings. The molecule has 0 spiro atoms. The zero-order valence-corrected chi connectivity index (χ0v) is 25.0. The van der Waals surface area contributed by atoms with E-state index in [4.69, 9.17) is 9.84 Å². The number of unbranched alkanes of at least 4 members (excludes halogenated alkanes) is 12. The van der Waals surface area contributed by atoms with Crippen LogP contribution in [0, 0.1) is 5.92 Å². The minimum atomic E-state index is -0.722. The standard InChI is InChI=1S/C31H64N2O4/c1-4-5-25-37-26-19-24-33(27-30(35)28-34)23-18-22-32-31(36)21-17-15-13-11-9-7-6-8-10-12-14-16-20-29(2)3/h29-30,34-35H,4-28H2,1-3H3,(H,32,36). The Labute approximate surface area is 230 Å². The predicted octanol–water partition coefficient (Wildman–Crippen LogP) is 6.47. The Kier molecular flexibility index (Phi) is 27.8. The number of nitrogens with zero attached hydrogens (tertiary/aromatic N) is 1. The van der Waals surface area contributed by atoms with Crippen molar-refractivity contribution in [2.24, 2.45) is 5.92 Å². The maximum atomic E-state index is 12.1. The van der Waals surface area contributed by atoms with Gasteiger partial charge in [0.05, 0.1) is 12.7 Å². The Morgan fingerprint density at radius 2 is 1.32 bits per heavy atom. The Morgan fingerprint density at radius 1 is 0.784 bits per heavy atom. The number of nitrogens with one attached hydrogen (secondary N) is 1. The van der Waals surface area contributed by atoms with Crippen molar-refractivity contribution in [3.63, 3.8) is 0 Å². The highest BCUT2D eigenvalue weighted by molar-refractivity contribution is 5.75. The van der Waals surface area contributed by atoms with Gasteiger partial charge in [0, 0.05) is 39.3 Å². The molecule has 37 heavy (non-hydrogen) atoms. The molecule has 1 unspecified atom stereocenters. The Balaban J connectivity index is 3.60. The van der Waals surface area contributed by atoms with Gasteiger partial charge in [-0.1, -0.05) is 104 Å². The molecule has 0 radical (unpaired) electrons. The molecule has 0 aliphatic carbocycles. The molecular weight excluding hydrogens is 464 g/mol. The first-order valence-electron chi connectivity index (χ1n) is 15.8. The fraction of sp³-hybridized carbons (Fsp3) is 0.968. The summed E-state index contributed by atoms with van der Waals surface area (Å²) in [5.74, 6) is 1.01. The van der Waals surface area contributed by atoms with Crippen LogP contribution in [-0.4, -0.2) is 73.1 Å². The van der Waals surface area contributed by atoms with E-state index in [9.17, 15) is 9.90 Å². The van der Waals surface area contributed by atoms with E-state index < -0.39 is 6.10 Å². The topological polar surface area (TPSA) is 82.0 Å². The average Bonchev–Trinajstić information content (AvgIpc) is 2.88. The summed E-state index contributed by atoms with van der Waals surface area (Å²) < 4.78 is 5.62. The molecule has 0 aromatic carbocycles. The third-order valence-corrected chi connectivity index (χ3v) is 6.99. The van der Waals surface area contributed by atoms with Crippen LogP contribution in [0.5, 0.6) is 0 Å². The van der Waals surface area contributed by atoms with Crippen LogP contribution in [0.15, 0.2) is 0 Å². The molecule has 0 rings (SSSR count). The number of hydrogen-bond donors (Lipinski definition) is 3. The number of amides is 1. The van der Waals surface area contributed by atoms with E-state index in [-0.39, 0.29) is 12.5 Å². The highest BCUT2D eigenvalue weighted by atomic mass is 16.5. The van der Waals surface area contributed by atoms with Crippen molar-refractivity contribution < 1.29 is 19.7 Å². The maximum Gasteiger partial charge on any atom is 0.219 e. The fourth-order valence-electron chi connectivity index (χ4n) is 4.61. The summed E-state index contributed by atoms with van der Waals surface area (Å²) in [5, 5.41) is 22.0. The minimum absolute atomic E-state index is 0.152. The number of rotatable bonds is 29. The van der Waals surface area contributed by atoms with Crippen LogP contribution in [-0.2, 0) is 9.53 Å². The maximum absolute atomic E-state index is 12.1. The Morgan fingerprint density at radius 3 is 1.89 bits per heavy atom. The molecule has 1 amide bonds. The number of carbonyl (C=O) groups excluding carboxylic acids is 1. The van der Waals surface area contributed by atoms with Gasteiger partial charge in [-0.05, 0) is 38.1 Å². The zero-order valence-electron chi connectivity index (χ0n) is 25.0. The molecule has 1 atom stereocenters. The van der Waals surface area contributed by atoms with Crippen LogP contribution < -0.4 is 5.32 Å². The van der Waals surface area contributed by atoms with Gasteiger partial charge in [-0.3, -0.25) is 4.79 Å². The zero-order chi connectivity index (χ0) is 27.4. The average molecular weight is 529 g/mol. The van der Waals surface area contributed by atoms with Crippen molar-refractivity contribution in [3.8, 4) is 0 Å². The molecule has 6 nitrogen and oxygen atoms in total. The number of aliphatic hydroxyl groups is 2. The molecule has 0 aromatic heterocycles. The molecule has 0 aliphatic heterocycles. The normalized spacial score (nSPS) is 12.5. The number of ether oxygens (including phenoxy) is 1. The summed E-state index contributed by atoms with van der Waals surface area (Å²) in [6, 6.07) is 0. The van der Waals surface area contributed by atoms with E-state index in [1.807, 2.05) is 0 Å². The fourth-order valence-corrected chi connectivity index (χ4v) is 4.61. The number of carbonyl (C=O) groups is 1. The predicted molar refractivity (Wildman–Crippen MR) is 157 cm³/mol. The second kappa shape index (κ2) is 28.3. The van der Waals surface area contributed by atoms with Gasteiger partial charge in [-0.15, -0.1) is 0 Å². The molecule has 0 saturated heterocycles. The molecule has 0 bridgehead atoms. The van der Waals surface area contributed by atoms with Crippen LogP contribution in [0.1, 0.15) is 136 Å². The molecule has 3 N–H and O–H groups in total. The minimum Gasteiger partial charge on any atom is -0.394 e. The lowest BCUT2D eigenvalue weighted by Gasteiger charge is -2.24. The molecule has 0 saturated carbocycles. The molecule has 0 aliphatic rings. The van der Waals surface area contributed by atoms with Gasteiger partial charge in [0.2, 0.25) is 5.91 Å². The summed E-state index contributed by atoms with van der Waals surface area (Å²) in [7, 11) is 0. The summed E-state index contributed by atoms with van der Waals surface area (Å²) in [6.45, 7) is 10.8. The van der Waals surface area contributed by atoms with E-state index in [0.29, 0.717) is 19.5 Å². The van der Waals surface area contributed by atoms with Crippen LogP contribution in [0.3, 0.4) is 0 Å². The molecule has 6 heteroatoms. The quantitative estimate of drug-likeness (QED) is 0.0969. The lowest BCUT2D eigenvalue weighted by molar-refractivity contribution is -0.121.